The topological polar surface area (TPSA) is 84.5 Å². The molecule has 4 aromatic rings. The van der Waals surface area contributed by atoms with Crippen molar-refractivity contribution < 1.29 is 4.79 Å². The number of aromatic nitrogens is 4. The first-order chi connectivity index (χ1) is 13.8. The van der Waals surface area contributed by atoms with Crippen LogP contribution in [0, 0.1) is 13.8 Å². The molecule has 0 fully saturated rings. The minimum absolute atomic E-state index is 0.186. The van der Waals surface area contributed by atoms with Crippen molar-refractivity contribution in [1.29, 1.82) is 0 Å². The molecule has 0 bridgehead atoms. The number of benzene rings is 2. The van der Waals surface area contributed by atoms with Gasteiger partial charge in [0.1, 0.15) is 6.54 Å². The molecule has 0 aliphatic carbocycles. The number of anilines is 2. The second-order valence-electron chi connectivity index (χ2n) is 7.34. The maximum Gasteiger partial charge on any atom is 0.351 e. The molecule has 148 valence electrons. The van der Waals surface area contributed by atoms with Crippen LogP contribution in [0.2, 0.25) is 0 Å². The molecule has 2 aromatic carbocycles. The monoisotopic (exact) mass is 390 g/mol. The van der Waals surface area contributed by atoms with Gasteiger partial charge in [-0.25, -0.2) is 18.9 Å². The lowest BCUT2D eigenvalue weighted by Gasteiger charge is -2.12. The lowest BCUT2D eigenvalue weighted by molar-refractivity contribution is -0.117. The van der Waals surface area contributed by atoms with Crippen molar-refractivity contribution in [3.63, 3.8) is 0 Å². The fraction of sp³-hybridized carbons (Fsp3) is 0.238. The third-order valence-electron chi connectivity index (χ3n) is 4.61. The minimum Gasteiger partial charge on any atom is -0.360 e. The highest BCUT2D eigenvalue weighted by atomic mass is 16.2. The summed E-state index contributed by atoms with van der Waals surface area (Å²) in [7, 11) is 3.68. The molecule has 4 rings (SSSR count). The van der Waals surface area contributed by atoms with E-state index in [1.807, 2.05) is 70.4 Å². The van der Waals surface area contributed by atoms with Gasteiger partial charge in [-0.3, -0.25) is 4.79 Å². The number of nitrogens with zero attached hydrogens (tertiary/aromatic N) is 5. The van der Waals surface area contributed by atoms with E-state index in [1.54, 1.807) is 4.90 Å². The van der Waals surface area contributed by atoms with Gasteiger partial charge >= 0.3 is 5.69 Å². The van der Waals surface area contributed by atoms with E-state index in [2.05, 4.69) is 15.4 Å². The molecule has 0 aliphatic rings. The van der Waals surface area contributed by atoms with Crippen LogP contribution in [0.4, 0.5) is 11.5 Å². The van der Waals surface area contributed by atoms with Crippen LogP contribution in [0.1, 0.15) is 11.1 Å². The minimum atomic E-state index is -0.378. The molecule has 8 heteroatoms. The first kappa shape index (κ1) is 18.7. The van der Waals surface area contributed by atoms with E-state index in [9.17, 15) is 9.59 Å². The van der Waals surface area contributed by atoms with E-state index in [-0.39, 0.29) is 18.1 Å². The lowest BCUT2D eigenvalue weighted by atomic mass is 10.1. The number of rotatable bonds is 4. The van der Waals surface area contributed by atoms with Crippen LogP contribution in [0.25, 0.3) is 16.7 Å². The van der Waals surface area contributed by atoms with E-state index in [1.165, 1.54) is 9.08 Å². The summed E-state index contributed by atoms with van der Waals surface area (Å²) in [6, 6.07) is 13.2. The van der Waals surface area contributed by atoms with Gasteiger partial charge in [0.2, 0.25) is 11.6 Å². The van der Waals surface area contributed by atoms with E-state index in [4.69, 9.17) is 0 Å². The molecular weight excluding hydrogens is 368 g/mol. The smallest absolute Gasteiger partial charge is 0.351 e. The maximum atomic E-state index is 13.1. The lowest BCUT2D eigenvalue weighted by Crippen LogP contribution is -2.28. The predicted octanol–water partition coefficient (Wildman–Crippen LogP) is 2.37. The molecule has 1 amide bonds. The van der Waals surface area contributed by atoms with Crippen molar-refractivity contribution in [3.8, 4) is 0 Å². The molecule has 0 atom stereocenters. The van der Waals surface area contributed by atoms with Gasteiger partial charge in [-0.15, -0.1) is 5.10 Å². The van der Waals surface area contributed by atoms with Gasteiger partial charge in [-0.05, 0) is 49.2 Å². The van der Waals surface area contributed by atoms with Gasteiger partial charge in [-0.1, -0.05) is 18.2 Å². The molecule has 0 aliphatic heterocycles. The zero-order chi connectivity index (χ0) is 20.7. The second kappa shape index (κ2) is 7.05. The van der Waals surface area contributed by atoms with Crippen LogP contribution < -0.4 is 15.9 Å². The molecular formula is C21H22N6O2. The molecule has 0 spiro atoms. The fourth-order valence-electron chi connectivity index (χ4n) is 3.47. The standard InChI is InChI=1S/C21H22N6O2/c1-13-9-14(2)11-15(10-13)22-18(28)12-26-21(29)27-17-8-6-5-7-16(17)23-19(25(3)4)20(27)24-26/h5-11H,12H2,1-4H3,(H,22,28). The van der Waals surface area contributed by atoms with E-state index in [0.29, 0.717) is 28.2 Å². The zero-order valence-electron chi connectivity index (χ0n) is 16.8. The van der Waals surface area contributed by atoms with E-state index in [0.717, 1.165) is 11.1 Å². The molecule has 0 saturated heterocycles. The van der Waals surface area contributed by atoms with Crippen molar-refractivity contribution in [3.05, 3.63) is 64.1 Å². The highest BCUT2D eigenvalue weighted by molar-refractivity contribution is 5.91. The summed E-state index contributed by atoms with van der Waals surface area (Å²) >= 11 is 0. The molecule has 0 unspecified atom stereocenters. The third-order valence-corrected chi connectivity index (χ3v) is 4.61. The number of carbonyl (C=O) groups is 1. The number of aryl methyl sites for hydroxylation is 2. The molecule has 29 heavy (non-hydrogen) atoms. The Labute approximate surface area is 167 Å². The normalized spacial score (nSPS) is 11.2. The first-order valence-corrected chi connectivity index (χ1v) is 9.27. The van der Waals surface area contributed by atoms with Crippen molar-refractivity contribution in [2.75, 3.05) is 24.3 Å². The Morgan fingerprint density at radius 1 is 1.10 bits per heavy atom. The summed E-state index contributed by atoms with van der Waals surface area (Å²) in [5.41, 5.74) is 4.18. The molecule has 8 nitrogen and oxygen atoms in total. The fourth-order valence-corrected chi connectivity index (χ4v) is 3.47. The zero-order valence-corrected chi connectivity index (χ0v) is 16.8. The Morgan fingerprint density at radius 2 is 1.79 bits per heavy atom. The molecule has 2 aromatic heterocycles. The van der Waals surface area contributed by atoms with Crippen LogP contribution in [0.5, 0.6) is 0 Å². The van der Waals surface area contributed by atoms with Gasteiger partial charge in [0.25, 0.3) is 0 Å². The molecule has 0 saturated carbocycles. The predicted molar refractivity (Wildman–Crippen MR) is 114 cm³/mol. The highest BCUT2D eigenvalue weighted by Crippen LogP contribution is 2.20. The van der Waals surface area contributed by atoms with Crippen LogP contribution in [0.15, 0.2) is 47.3 Å². The van der Waals surface area contributed by atoms with Crippen molar-refractivity contribution >= 4 is 34.1 Å². The summed E-state index contributed by atoms with van der Waals surface area (Å²) in [4.78, 5) is 32.0. The highest BCUT2D eigenvalue weighted by Gasteiger charge is 2.18. The number of fused-ring (bicyclic) bond motifs is 3. The van der Waals surface area contributed by atoms with Gasteiger partial charge in [0.15, 0.2) is 5.82 Å². The average Bonchev–Trinajstić information content (AvgIpc) is 2.96. The maximum absolute atomic E-state index is 13.1. The van der Waals surface area contributed by atoms with Crippen molar-refractivity contribution in [1.82, 2.24) is 19.2 Å². The molecule has 1 N–H and O–H groups in total. The number of carbonyl (C=O) groups excluding carboxylic acids is 1. The average molecular weight is 390 g/mol. The number of nitrogens with one attached hydrogen (secondary N) is 1. The summed E-state index contributed by atoms with van der Waals surface area (Å²) < 4.78 is 2.68. The molecule has 2 heterocycles. The largest absolute Gasteiger partial charge is 0.360 e. The van der Waals surface area contributed by atoms with Crippen LogP contribution in [-0.4, -0.2) is 39.2 Å². The van der Waals surface area contributed by atoms with E-state index >= 15 is 0 Å². The van der Waals surface area contributed by atoms with Gasteiger partial charge in [-0.2, -0.15) is 0 Å². The second-order valence-corrected chi connectivity index (χ2v) is 7.34. The van der Waals surface area contributed by atoms with Crippen LogP contribution >= 0.6 is 0 Å². The van der Waals surface area contributed by atoms with Crippen LogP contribution in [-0.2, 0) is 11.3 Å². The summed E-state index contributed by atoms with van der Waals surface area (Å²) in [5.74, 6) is 0.249. The Balaban J connectivity index is 1.75. The van der Waals surface area contributed by atoms with Gasteiger partial charge in [0, 0.05) is 19.8 Å². The quantitative estimate of drug-likeness (QED) is 0.578. The first-order valence-electron chi connectivity index (χ1n) is 9.27. The number of amides is 1. The summed E-state index contributed by atoms with van der Waals surface area (Å²) in [5, 5.41) is 7.25. The molecule has 0 radical (unpaired) electrons. The van der Waals surface area contributed by atoms with E-state index < -0.39 is 0 Å². The summed E-state index contributed by atoms with van der Waals surface area (Å²) in [6.45, 7) is 3.75. The van der Waals surface area contributed by atoms with Crippen molar-refractivity contribution in [2.45, 2.75) is 20.4 Å². The Hall–Kier alpha value is -3.68. The Kier molecular flexibility index (Phi) is 4.54. The van der Waals surface area contributed by atoms with Crippen LogP contribution in [0.3, 0.4) is 0 Å². The van der Waals surface area contributed by atoms with Gasteiger partial charge in [0.05, 0.1) is 11.0 Å². The third kappa shape index (κ3) is 3.44. The Morgan fingerprint density at radius 3 is 2.48 bits per heavy atom. The Bertz CT molecular complexity index is 1280. The number of hydrogen-bond donors (Lipinski definition) is 1. The SMILES string of the molecule is Cc1cc(C)cc(NC(=O)Cn2nc3c(N(C)C)nc4ccccc4n3c2=O)c1. The van der Waals surface area contributed by atoms with Crippen molar-refractivity contribution in [2.24, 2.45) is 0 Å². The number of para-hydroxylation sites is 2. The van der Waals surface area contributed by atoms with Gasteiger partial charge < -0.3 is 10.2 Å². The number of hydrogen-bond acceptors (Lipinski definition) is 5. The summed E-state index contributed by atoms with van der Waals surface area (Å²) in [6.07, 6.45) is 0.